The van der Waals surface area contributed by atoms with Gasteiger partial charge >= 0.3 is 5.97 Å². The van der Waals surface area contributed by atoms with Gasteiger partial charge < -0.3 is 15.2 Å². The molecule has 0 spiro atoms. The van der Waals surface area contributed by atoms with E-state index < -0.39 is 11.9 Å². The molecule has 0 unspecified atom stereocenters. The van der Waals surface area contributed by atoms with Gasteiger partial charge in [0.1, 0.15) is 11.8 Å². The lowest BCUT2D eigenvalue weighted by Gasteiger charge is -2.04. The molecule has 0 heterocycles. The molecule has 92 valence electrons. The Bertz CT molecular complexity index is 500. The fourth-order valence-electron chi connectivity index (χ4n) is 1.08. The minimum atomic E-state index is -1.19. The minimum absolute atomic E-state index is 0.0486. The van der Waals surface area contributed by atoms with E-state index in [1.54, 1.807) is 24.3 Å². The van der Waals surface area contributed by atoms with E-state index in [0.29, 0.717) is 11.4 Å². The highest BCUT2D eigenvalue weighted by Gasteiger charge is 1.99. The number of nitrogens with one attached hydrogen (secondary N) is 1. The summed E-state index contributed by atoms with van der Waals surface area (Å²) in [5.41, 5.74) is 0.499. The van der Waals surface area contributed by atoms with Gasteiger partial charge in [-0.2, -0.15) is 5.26 Å². The molecule has 1 aromatic carbocycles. The second-order valence-electron chi connectivity index (χ2n) is 3.13. The second kappa shape index (κ2) is 6.70. The first-order valence-electron chi connectivity index (χ1n) is 4.93. The molecule has 1 aromatic rings. The highest BCUT2D eigenvalue weighted by atomic mass is 16.5. The molecule has 0 aliphatic carbocycles. The molecule has 1 amide bonds. The monoisotopic (exact) mass is 246 g/mol. The van der Waals surface area contributed by atoms with Gasteiger partial charge in [0.05, 0.1) is 0 Å². The van der Waals surface area contributed by atoms with Crippen LogP contribution in [0.5, 0.6) is 5.75 Å². The number of nitrogens with zero attached hydrogens (tertiary/aromatic N) is 1. The number of benzene rings is 1. The van der Waals surface area contributed by atoms with Crippen LogP contribution in [-0.2, 0) is 9.59 Å². The van der Waals surface area contributed by atoms with Crippen LogP contribution in [0.4, 0.5) is 5.69 Å². The average Bonchev–Trinajstić information content (AvgIpc) is 2.35. The standard InChI is InChI=1S/C12H10N2O4/c13-7-8-18-10-3-1-9(2-4-10)14-11(15)5-6-12(16)17/h1-6H,8H2,(H,14,15)(H,16,17)/b6-5+. The molecule has 0 aromatic heterocycles. The largest absolute Gasteiger partial charge is 0.479 e. The minimum Gasteiger partial charge on any atom is -0.479 e. The first kappa shape index (κ1) is 13.3. The fourth-order valence-corrected chi connectivity index (χ4v) is 1.08. The van der Waals surface area contributed by atoms with Gasteiger partial charge in [-0.25, -0.2) is 4.79 Å². The summed E-state index contributed by atoms with van der Waals surface area (Å²) in [4.78, 5) is 21.4. The van der Waals surface area contributed by atoms with Crippen molar-refractivity contribution >= 4 is 17.6 Å². The number of carboxylic acids is 1. The molecule has 6 nitrogen and oxygen atoms in total. The average molecular weight is 246 g/mol. The Kier molecular flexibility index (Phi) is 4.94. The Morgan fingerprint density at radius 1 is 1.33 bits per heavy atom. The molecule has 0 radical (unpaired) electrons. The van der Waals surface area contributed by atoms with E-state index in [1.165, 1.54) is 0 Å². The van der Waals surface area contributed by atoms with Crippen molar-refractivity contribution in [2.24, 2.45) is 0 Å². The number of hydrogen-bond acceptors (Lipinski definition) is 4. The summed E-state index contributed by atoms with van der Waals surface area (Å²) in [6.07, 6.45) is 1.67. The fraction of sp³-hybridized carbons (Fsp3) is 0.0833. The summed E-state index contributed by atoms with van der Waals surface area (Å²) >= 11 is 0. The highest BCUT2D eigenvalue weighted by molar-refractivity contribution is 6.02. The number of aliphatic carboxylic acids is 1. The summed E-state index contributed by atoms with van der Waals surface area (Å²) in [5, 5.41) is 19.1. The van der Waals surface area contributed by atoms with Crippen LogP contribution in [-0.4, -0.2) is 23.6 Å². The molecule has 0 saturated carbocycles. The van der Waals surface area contributed by atoms with Crippen molar-refractivity contribution in [1.82, 2.24) is 0 Å². The van der Waals surface area contributed by atoms with E-state index in [-0.39, 0.29) is 6.61 Å². The van der Waals surface area contributed by atoms with Crippen molar-refractivity contribution in [2.45, 2.75) is 0 Å². The van der Waals surface area contributed by atoms with Gasteiger partial charge in [-0.1, -0.05) is 0 Å². The highest BCUT2D eigenvalue weighted by Crippen LogP contribution is 2.15. The van der Waals surface area contributed by atoms with Gasteiger partial charge in [0.15, 0.2) is 6.61 Å². The Morgan fingerprint density at radius 3 is 2.56 bits per heavy atom. The third-order valence-corrected chi connectivity index (χ3v) is 1.80. The van der Waals surface area contributed by atoms with Gasteiger partial charge in [0.2, 0.25) is 5.91 Å². The van der Waals surface area contributed by atoms with Crippen molar-refractivity contribution < 1.29 is 19.4 Å². The van der Waals surface area contributed by atoms with Gasteiger partial charge in [0.25, 0.3) is 0 Å². The molecule has 0 aliphatic rings. The smallest absolute Gasteiger partial charge is 0.328 e. The summed E-state index contributed by atoms with van der Waals surface area (Å²) < 4.78 is 5.03. The summed E-state index contributed by atoms with van der Waals surface area (Å²) in [5.74, 6) is -1.22. The van der Waals surface area contributed by atoms with Crippen molar-refractivity contribution in [1.29, 1.82) is 5.26 Å². The van der Waals surface area contributed by atoms with E-state index in [2.05, 4.69) is 5.32 Å². The lowest BCUT2D eigenvalue weighted by atomic mass is 10.3. The number of carboxylic acid groups (broad SMARTS) is 1. The maximum Gasteiger partial charge on any atom is 0.328 e. The molecular weight excluding hydrogens is 236 g/mol. The van der Waals surface area contributed by atoms with E-state index in [1.807, 2.05) is 6.07 Å². The quantitative estimate of drug-likeness (QED) is 0.759. The number of carbonyl (C=O) groups excluding carboxylic acids is 1. The number of carbonyl (C=O) groups is 2. The van der Waals surface area contributed by atoms with E-state index in [0.717, 1.165) is 12.2 Å². The van der Waals surface area contributed by atoms with Gasteiger partial charge in [-0.3, -0.25) is 4.79 Å². The van der Waals surface area contributed by atoms with Gasteiger partial charge in [0, 0.05) is 17.8 Å². The van der Waals surface area contributed by atoms with Crippen LogP contribution in [0, 0.1) is 11.3 Å². The van der Waals surface area contributed by atoms with E-state index in [4.69, 9.17) is 15.1 Å². The molecule has 0 aliphatic heterocycles. The zero-order valence-corrected chi connectivity index (χ0v) is 9.29. The summed E-state index contributed by atoms with van der Waals surface area (Å²) in [6.45, 7) is -0.0486. The number of nitriles is 1. The topological polar surface area (TPSA) is 99.4 Å². The molecule has 6 heteroatoms. The first-order valence-corrected chi connectivity index (χ1v) is 4.93. The summed E-state index contributed by atoms with van der Waals surface area (Å²) in [6, 6.07) is 8.18. The van der Waals surface area contributed by atoms with Crippen LogP contribution in [0.3, 0.4) is 0 Å². The van der Waals surface area contributed by atoms with Crippen LogP contribution in [0.15, 0.2) is 36.4 Å². The normalized spacial score (nSPS) is 9.72. The number of hydrogen-bond donors (Lipinski definition) is 2. The van der Waals surface area contributed by atoms with Crippen molar-refractivity contribution in [3.05, 3.63) is 36.4 Å². The number of rotatable bonds is 5. The lowest BCUT2D eigenvalue weighted by Crippen LogP contribution is -2.08. The Labute approximate surface area is 103 Å². The van der Waals surface area contributed by atoms with Gasteiger partial charge in [-0.05, 0) is 24.3 Å². The van der Waals surface area contributed by atoms with Crippen LogP contribution in [0.2, 0.25) is 0 Å². The molecule has 0 fully saturated rings. The third kappa shape index (κ3) is 4.81. The molecular formula is C12H10N2O4. The molecule has 0 bridgehead atoms. The molecule has 0 saturated heterocycles. The second-order valence-corrected chi connectivity index (χ2v) is 3.13. The van der Waals surface area contributed by atoms with E-state index >= 15 is 0 Å². The Hall–Kier alpha value is -2.81. The molecule has 2 N–H and O–H groups in total. The van der Waals surface area contributed by atoms with Crippen LogP contribution < -0.4 is 10.1 Å². The molecule has 18 heavy (non-hydrogen) atoms. The van der Waals surface area contributed by atoms with Crippen LogP contribution in [0.1, 0.15) is 0 Å². The lowest BCUT2D eigenvalue weighted by molar-refractivity contribution is -0.131. The predicted molar refractivity (Wildman–Crippen MR) is 63.0 cm³/mol. The molecule has 1 rings (SSSR count). The predicted octanol–water partition coefficient (Wildman–Crippen LogP) is 1.17. The third-order valence-electron chi connectivity index (χ3n) is 1.80. The summed E-state index contributed by atoms with van der Waals surface area (Å²) in [7, 11) is 0. The van der Waals surface area contributed by atoms with Gasteiger partial charge in [-0.15, -0.1) is 0 Å². The van der Waals surface area contributed by atoms with E-state index in [9.17, 15) is 9.59 Å². The zero-order chi connectivity index (χ0) is 13.4. The van der Waals surface area contributed by atoms with Crippen LogP contribution in [0.25, 0.3) is 0 Å². The number of amides is 1. The SMILES string of the molecule is N#CCOc1ccc(NC(=O)/C=C/C(=O)O)cc1. The van der Waals surface area contributed by atoms with Crippen LogP contribution >= 0.6 is 0 Å². The Morgan fingerprint density at radius 2 is 2.00 bits per heavy atom. The van der Waals surface area contributed by atoms with Crippen molar-refractivity contribution in [2.75, 3.05) is 11.9 Å². The maximum atomic E-state index is 11.2. The maximum absolute atomic E-state index is 11.2. The first-order chi connectivity index (χ1) is 8.61. The number of anilines is 1. The molecule has 0 atom stereocenters. The zero-order valence-electron chi connectivity index (χ0n) is 9.29. The Balaban J connectivity index is 2.56. The number of ether oxygens (including phenoxy) is 1. The van der Waals surface area contributed by atoms with Crippen molar-refractivity contribution in [3.8, 4) is 11.8 Å². The van der Waals surface area contributed by atoms with Crippen molar-refractivity contribution in [3.63, 3.8) is 0 Å².